The van der Waals surface area contributed by atoms with Crippen molar-refractivity contribution in [3.05, 3.63) is 71.8 Å². The Bertz CT molecular complexity index is 653. The lowest BCUT2D eigenvalue weighted by molar-refractivity contribution is 0.474. The van der Waals surface area contributed by atoms with Crippen LogP contribution in [0.1, 0.15) is 27.7 Å². The maximum absolute atomic E-state index is 9.43. The predicted octanol–water partition coefficient (Wildman–Crippen LogP) is 4.60. The minimum absolute atomic E-state index is 0.156. The first-order chi connectivity index (χ1) is 10.4. The van der Waals surface area contributed by atoms with Crippen molar-refractivity contribution in [2.75, 3.05) is 0 Å². The Morgan fingerprint density at radius 2 is 1.05 bits per heavy atom. The first kappa shape index (κ1) is 11.4. The molecule has 20 heavy (non-hydrogen) atoms. The lowest BCUT2D eigenvalue weighted by atomic mass is 9.92. The van der Waals surface area contributed by atoms with E-state index < -0.39 is 0 Å². The molecular weight excluding hydrogens is 248 g/mol. The summed E-state index contributed by atoms with van der Waals surface area (Å²) in [5.41, 5.74) is 2.80. The zero-order chi connectivity index (χ0) is 16.3. The van der Waals surface area contributed by atoms with Gasteiger partial charge in [-0.3, -0.25) is 0 Å². The number of rotatable bonds is 3. The van der Waals surface area contributed by atoms with E-state index in [0.29, 0.717) is 23.3 Å². The summed E-state index contributed by atoms with van der Waals surface area (Å²) in [4.78, 5) is 0. The van der Waals surface area contributed by atoms with Crippen LogP contribution in [-0.4, -0.2) is 10.2 Å². The Morgan fingerprint density at radius 3 is 1.30 bits per heavy atom. The van der Waals surface area contributed by atoms with Gasteiger partial charge in [0.1, 0.15) is 11.5 Å². The molecule has 0 saturated carbocycles. The molecule has 102 valence electrons. The molecule has 0 fully saturated rings. The maximum Gasteiger partial charge on any atom is 0.115 e. The van der Waals surface area contributed by atoms with Gasteiger partial charge in [-0.05, 0) is 60.4 Å². The van der Waals surface area contributed by atoms with Gasteiger partial charge in [0.15, 0.2) is 0 Å². The molecule has 2 aromatic rings. The highest BCUT2D eigenvalue weighted by Crippen LogP contribution is 2.32. The van der Waals surface area contributed by atoms with Gasteiger partial charge in [-0.2, -0.15) is 0 Å². The van der Waals surface area contributed by atoms with E-state index in [0.717, 1.165) is 11.1 Å². The van der Waals surface area contributed by atoms with Crippen LogP contribution in [-0.2, 0) is 0 Å². The highest BCUT2D eigenvalue weighted by Gasteiger charge is 2.09. The average Bonchev–Trinajstić information content (AvgIpc) is 2.46. The minimum Gasteiger partial charge on any atom is -0.508 e. The van der Waals surface area contributed by atoms with Gasteiger partial charge in [0.25, 0.3) is 0 Å². The summed E-state index contributed by atoms with van der Waals surface area (Å²) in [6, 6.07) is 13.8. The summed E-state index contributed by atoms with van der Waals surface area (Å²) >= 11 is 0. The fourth-order valence-electron chi connectivity index (χ4n) is 2.08. The van der Waals surface area contributed by atoms with Crippen LogP contribution in [0.5, 0.6) is 11.5 Å². The van der Waals surface area contributed by atoms with Crippen molar-refractivity contribution in [1.82, 2.24) is 0 Å². The van der Waals surface area contributed by atoms with Gasteiger partial charge in [0, 0.05) is 0 Å². The molecular formula is C18H18O2. The number of allylic oxidation sites excluding steroid dienone is 4. The minimum atomic E-state index is 0.156. The summed E-state index contributed by atoms with van der Waals surface area (Å²) in [7, 11) is 0. The first-order valence-corrected chi connectivity index (χ1v) is 6.34. The fourth-order valence-corrected chi connectivity index (χ4v) is 2.08. The largest absolute Gasteiger partial charge is 0.508 e. The van der Waals surface area contributed by atoms with E-state index in [1.165, 1.54) is 0 Å². The monoisotopic (exact) mass is 268 g/mol. The second-order valence-electron chi connectivity index (χ2n) is 4.34. The molecule has 0 amide bonds. The summed E-state index contributed by atoms with van der Waals surface area (Å²) in [5, 5.41) is 18.9. The summed E-state index contributed by atoms with van der Waals surface area (Å²) in [5.74, 6) is 0.312. The molecule has 0 bridgehead atoms. The lowest BCUT2D eigenvalue weighted by Gasteiger charge is -2.13. The van der Waals surface area contributed by atoms with Crippen molar-refractivity contribution < 1.29 is 13.0 Å². The molecule has 0 unspecified atom stereocenters. The van der Waals surface area contributed by atoms with E-state index in [1.807, 2.05) is 0 Å². The molecule has 0 heterocycles. The third-order valence-corrected chi connectivity index (χ3v) is 3.06. The summed E-state index contributed by atoms with van der Waals surface area (Å²) in [6.45, 7) is 3.34. The number of benzene rings is 2. The van der Waals surface area contributed by atoms with E-state index in [2.05, 4.69) is 0 Å². The van der Waals surface area contributed by atoms with E-state index in [4.69, 9.17) is 2.74 Å². The normalized spacial score (nSPS) is 14.9. The quantitative estimate of drug-likeness (QED) is 0.798. The van der Waals surface area contributed by atoms with Crippen LogP contribution in [0.15, 0.2) is 60.6 Å². The SMILES string of the molecule is [2H]/C(C)=C(\C(=C(/[2H])C)c1ccc(O)cc1)c1ccc(O)cc1. The smallest absolute Gasteiger partial charge is 0.115 e. The molecule has 0 aromatic heterocycles. The van der Waals surface area contributed by atoms with Gasteiger partial charge in [-0.25, -0.2) is 0 Å². The predicted molar refractivity (Wildman–Crippen MR) is 83.5 cm³/mol. The molecule has 2 aromatic carbocycles. The maximum atomic E-state index is 9.43. The highest BCUT2D eigenvalue weighted by atomic mass is 16.3. The zero-order valence-electron chi connectivity index (χ0n) is 13.5. The molecule has 0 radical (unpaired) electrons. The van der Waals surface area contributed by atoms with Crippen LogP contribution in [0, 0.1) is 0 Å². The van der Waals surface area contributed by atoms with Gasteiger partial charge in [-0.1, -0.05) is 36.4 Å². The van der Waals surface area contributed by atoms with Crippen molar-refractivity contribution in [2.24, 2.45) is 0 Å². The molecule has 2 rings (SSSR count). The van der Waals surface area contributed by atoms with Crippen molar-refractivity contribution in [3.63, 3.8) is 0 Å². The average molecular weight is 268 g/mol. The van der Waals surface area contributed by atoms with Gasteiger partial charge in [0.2, 0.25) is 0 Å². The second-order valence-corrected chi connectivity index (χ2v) is 4.34. The molecule has 0 atom stereocenters. The summed E-state index contributed by atoms with van der Waals surface area (Å²) < 4.78 is 16.2. The van der Waals surface area contributed by atoms with Crippen LogP contribution < -0.4 is 0 Å². The number of hydrogen-bond acceptors (Lipinski definition) is 2. The third kappa shape index (κ3) is 2.91. The van der Waals surface area contributed by atoms with Crippen LogP contribution in [0.4, 0.5) is 0 Å². The molecule has 0 aliphatic carbocycles. The van der Waals surface area contributed by atoms with E-state index in [-0.39, 0.29) is 11.5 Å². The Labute approximate surface area is 122 Å². The number of phenolic OH excluding ortho intramolecular Hbond substituents is 2. The Hall–Kier alpha value is -2.48. The topological polar surface area (TPSA) is 40.5 Å². The van der Waals surface area contributed by atoms with Crippen molar-refractivity contribution in [3.8, 4) is 11.5 Å². The van der Waals surface area contributed by atoms with E-state index in [9.17, 15) is 10.2 Å². The van der Waals surface area contributed by atoms with Gasteiger partial charge < -0.3 is 10.2 Å². The molecule has 0 saturated heterocycles. The molecule has 0 spiro atoms. The van der Waals surface area contributed by atoms with Crippen LogP contribution in [0.2, 0.25) is 0 Å². The Kier molecular flexibility index (Phi) is 3.47. The zero-order valence-corrected chi connectivity index (χ0v) is 11.5. The van der Waals surface area contributed by atoms with Gasteiger partial charge in [0.05, 0.1) is 2.74 Å². The number of aromatic hydroxyl groups is 2. The first-order valence-electron chi connectivity index (χ1n) is 7.34. The number of phenols is 2. The standard InChI is InChI=1S/C18H18O2/c1-3-17(13-5-9-15(19)10-6-13)18(4-2)14-7-11-16(20)12-8-14/h3-12,19-20H,1-2H3/b17-3+,18-4+/i3D,4D. The Morgan fingerprint density at radius 1 is 0.750 bits per heavy atom. The van der Waals surface area contributed by atoms with Crippen LogP contribution >= 0.6 is 0 Å². The van der Waals surface area contributed by atoms with Crippen LogP contribution in [0.3, 0.4) is 0 Å². The van der Waals surface area contributed by atoms with Crippen LogP contribution in [0.25, 0.3) is 11.1 Å². The molecule has 2 N–H and O–H groups in total. The molecule has 2 heteroatoms. The van der Waals surface area contributed by atoms with Crippen molar-refractivity contribution in [1.29, 1.82) is 0 Å². The highest BCUT2D eigenvalue weighted by molar-refractivity contribution is 6.04. The third-order valence-electron chi connectivity index (χ3n) is 3.06. The molecule has 0 aliphatic heterocycles. The van der Waals surface area contributed by atoms with Crippen molar-refractivity contribution in [2.45, 2.75) is 13.8 Å². The van der Waals surface area contributed by atoms with E-state index in [1.54, 1.807) is 62.4 Å². The molecule has 2 nitrogen and oxygen atoms in total. The Balaban J connectivity index is 2.63. The summed E-state index contributed by atoms with van der Waals surface area (Å²) in [6.07, 6.45) is 0. The molecule has 0 aliphatic rings. The van der Waals surface area contributed by atoms with Crippen molar-refractivity contribution >= 4 is 11.1 Å². The lowest BCUT2D eigenvalue weighted by Crippen LogP contribution is -1.90. The van der Waals surface area contributed by atoms with Gasteiger partial charge in [-0.15, -0.1) is 0 Å². The van der Waals surface area contributed by atoms with E-state index >= 15 is 0 Å². The van der Waals surface area contributed by atoms with Gasteiger partial charge >= 0.3 is 0 Å². The number of hydrogen-bond donors (Lipinski definition) is 2. The second kappa shape index (κ2) is 6.11. The fraction of sp³-hybridized carbons (Fsp3) is 0.111.